The van der Waals surface area contributed by atoms with Gasteiger partial charge in [-0.25, -0.2) is 0 Å². The molecule has 0 aliphatic heterocycles. The van der Waals surface area contributed by atoms with Crippen LogP contribution in [0.15, 0.2) is 30.3 Å². The first-order valence-corrected chi connectivity index (χ1v) is 9.68. The average molecular weight is 356 g/mol. The summed E-state index contributed by atoms with van der Waals surface area (Å²) in [6, 6.07) is 9.59. The zero-order chi connectivity index (χ0) is 17.8. The summed E-state index contributed by atoms with van der Waals surface area (Å²) in [7, 11) is 0. The average Bonchev–Trinajstić information content (AvgIpc) is 2.93. The van der Waals surface area contributed by atoms with Gasteiger partial charge in [-0.2, -0.15) is 0 Å². The number of fused-ring (bicyclic) bond motifs is 1. The highest BCUT2D eigenvalue weighted by molar-refractivity contribution is 7.17. The van der Waals surface area contributed by atoms with Gasteiger partial charge in [0.15, 0.2) is 0 Å². The second-order valence-electron chi connectivity index (χ2n) is 6.68. The maximum atomic E-state index is 12.4. The van der Waals surface area contributed by atoms with E-state index in [0.29, 0.717) is 22.9 Å². The van der Waals surface area contributed by atoms with Gasteiger partial charge in [0.2, 0.25) is 5.91 Å². The van der Waals surface area contributed by atoms with E-state index in [-0.39, 0.29) is 5.91 Å². The topological polar surface area (TPSA) is 72.2 Å². The van der Waals surface area contributed by atoms with Crippen molar-refractivity contribution in [3.8, 4) is 0 Å². The molecule has 25 heavy (non-hydrogen) atoms. The molecule has 1 heterocycles. The lowest BCUT2D eigenvalue weighted by Crippen LogP contribution is -2.20. The molecule has 0 radical (unpaired) electrons. The van der Waals surface area contributed by atoms with Crippen molar-refractivity contribution >= 4 is 28.2 Å². The van der Waals surface area contributed by atoms with E-state index in [1.54, 1.807) is 0 Å². The van der Waals surface area contributed by atoms with E-state index in [9.17, 15) is 9.59 Å². The number of benzene rings is 1. The second-order valence-corrected chi connectivity index (χ2v) is 7.79. The number of carbonyl (C=O) groups excluding carboxylic acids is 2. The number of rotatable bonds is 6. The number of anilines is 1. The van der Waals surface area contributed by atoms with Crippen molar-refractivity contribution in [1.82, 2.24) is 0 Å². The molecule has 0 fully saturated rings. The zero-order valence-corrected chi connectivity index (χ0v) is 15.3. The molecule has 1 atom stereocenters. The van der Waals surface area contributed by atoms with E-state index in [2.05, 4.69) is 12.2 Å². The van der Waals surface area contributed by atoms with Gasteiger partial charge in [0.1, 0.15) is 5.00 Å². The third kappa shape index (κ3) is 4.10. The van der Waals surface area contributed by atoms with Crippen LogP contribution in [0, 0.1) is 5.92 Å². The molecule has 132 valence electrons. The van der Waals surface area contributed by atoms with Crippen LogP contribution >= 0.6 is 11.3 Å². The first-order chi connectivity index (χ1) is 12.1. The highest BCUT2D eigenvalue weighted by atomic mass is 32.1. The molecule has 0 spiro atoms. The number of hydrogen-bond acceptors (Lipinski definition) is 3. The predicted octanol–water partition coefficient (Wildman–Crippen LogP) is 3.93. The number of nitrogens with two attached hydrogens (primary N) is 1. The van der Waals surface area contributed by atoms with Crippen LogP contribution in [0.2, 0.25) is 0 Å². The standard InChI is InChI=1S/C20H24N2O2S/c1-2-6-13-9-10-15-16(11-13)25-20(18(15)19(21)24)22-17(23)12-14-7-4-3-5-8-14/h3-5,7-8,13H,2,6,9-12H2,1H3,(H2,21,24)(H,22,23). The number of thiophene rings is 1. The second kappa shape index (κ2) is 7.83. The van der Waals surface area contributed by atoms with E-state index in [4.69, 9.17) is 5.73 Å². The first kappa shape index (κ1) is 17.7. The summed E-state index contributed by atoms with van der Waals surface area (Å²) in [4.78, 5) is 25.6. The lowest BCUT2D eigenvalue weighted by Gasteiger charge is -2.21. The van der Waals surface area contributed by atoms with E-state index >= 15 is 0 Å². The first-order valence-electron chi connectivity index (χ1n) is 8.86. The Balaban J connectivity index is 1.79. The summed E-state index contributed by atoms with van der Waals surface area (Å²) in [5, 5.41) is 3.54. The molecule has 4 nitrogen and oxygen atoms in total. The minimum atomic E-state index is -0.443. The van der Waals surface area contributed by atoms with Gasteiger partial charge in [0.25, 0.3) is 5.91 Å². The number of carbonyl (C=O) groups is 2. The summed E-state index contributed by atoms with van der Waals surface area (Å²) >= 11 is 1.53. The Morgan fingerprint density at radius 2 is 2.04 bits per heavy atom. The van der Waals surface area contributed by atoms with Crippen LogP contribution in [-0.2, 0) is 24.1 Å². The van der Waals surface area contributed by atoms with Gasteiger partial charge in [-0.1, -0.05) is 50.1 Å². The number of nitrogens with one attached hydrogen (secondary N) is 1. The van der Waals surface area contributed by atoms with Gasteiger partial charge in [0, 0.05) is 4.88 Å². The van der Waals surface area contributed by atoms with Crippen LogP contribution in [0.4, 0.5) is 5.00 Å². The third-order valence-corrected chi connectivity index (χ3v) is 5.94. The Hall–Kier alpha value is -2.14. The zero-order valence-electron chi connectivity index (χ0n) is 14.5. The lowest BCUT2D eigenvalue weighted by atomic mass is 9.84. The molecule has 5 heteroatoms. The molecule has 2 aromatic rings. The Labute approximate surface area is 152 Å². The molecule has 3 rings (SSSR count). The van der Waals surface area contributed by atoms with Crippen molar-refractivity contribution in [3.63, 3.8) is 0 Å². The summed E-state index contributed by atoms with van der Waals surface area (Å²) in [6.45, 7) is 2.20. The van der Waals surface area contributed by atoms with E-state index in [1.165, 1.54) is 29.1 Å². The molecule has 3 N–H and O–H groups in total. The van der Waals surface area contributed by atoms with Gasteiger partial charge in [-0.15, -0.1) is 11.3 Å². The number of primary amides is 1. The van der Waals surface area contributed by atoms with Gasteiger partial charge >= 0.3 is 0 Å². The number of amides is 2. The lowest BCUT2D eigenvalue weighted by molar-refractivity contribution is -0.115. The Morgan fingerprint density at radius 1 is 1.28 bits per heavy atom. The summed E-state index contributed by atoms with van der Waals surface area (Å²) in [5.74, 6) is 0.114. The van der Waals surface area contributed by atoms with Crippen molar-refractivity contribution < 1.29 is 9.59 Å². The van der Waals surface area contributed by atoms with Crippen LogP contribution in [0.1, 0.15) is 52.5 Å². The van der Waals surface area contributed by atoms with Crippen molar-refractivity contribution in [3.05, 3.63) is 51.9 Å². The normalized spacial score (nSPS) is 16.3. The smallest absolute Gasteiger partial charge is 0.251 e. The van der Waals surface area contributed by atoms with Crippen LogP contribution in [0.3, 0.4) is 0 Å². The van der Waals surface area contributed by atoms with Crippen molar-refractivity contribution in [1.29, 1.82) is 0 Å². The molecule has 1 aliphatic rings. The minimum absolute atomic E-state index is 0.114. The molecule has 1 unspecified atom stereocenters. The molecule has 0 saturated carbocycles. The Bertz CT molecular complexity index is 768. The fourth-order valence-corrected chi connectivity index (χ4v) is 4.99. The molecule has 1 aromatic carbocycles. The molecule has 1 aliphatic carbocycles. The van der Waals surface area contributed by atoms with Crippen molar-refractivity contribution in [2.75, 3.05) is 5.32 Å². The predicted molar refractivity (Wildman–Crippen MR) is 102 cm³/mol. The highest BCUT2D eigenvalue weighted by Crippen LogP contribution is 2.40. The van der Waals surface area contributed by atoms with Crippen molar-refractivity contribution in [2.24, 2.45) is 11.7 Å². The molecular weight excluding hydrogens is 332 g/mol. The van der Waals surface area contributed by atoms with E-state index in [0.717, 1.165) is 30.4 Å². The Kier molecular flexibility index (Phi) is 5.53. The third-order valence-electron chi connectivity index (χ3n) is 4.77. The minimum Gasteiger partial charge on any atom is -0.365 e. The SMILES string of the molecule is CCCC1CCc2c(sc(NC(=O)Cc3ccccc3)c2C(N)=O)C1. The van der Waals surface area contributed by atoms with Gasteiger partial charge in [-0.05, 0) is 36.3 Å². The number of hydrogen-bond donors (Lipinski definition) is 2. The van der Waals surface area contributed by atoms with E-state index < -0.39 is 5.91 Å². The van der Waals surface area contributed by atoms with Crippen LogP contribution in [0.25, 0.3) is 0 Å². The summed E-state index contributed by atoms with van der Waals surface area (Å²) in [6.07, 6.45) is 5.63. The highest BCUT2D eigenvalue weighted by Gasteiger charge is 2.28. The fourth-order valence-electron chi connectivity index (χ4n) is 3.61. The maximum absolute atomic E-state index is 12.4. The van der Waals surface area contributed by atoms with Crippen LogP contribution in [-0.4, -0.2) is 11.8 Å². The van der Waals surface area contributed by atoms with Gasteiger partial charge in [0.05, 0.1) is 12.0 Å². The fraction of sp³-hybridized carbons (Fsp3) is 0.400. The van der Waals surface area contributed by atoms with Gasteiger partial charge in [-0.3, -0.25) is 9.59 Å². The quantitative estimate of drug-likeness (QED) is 0.823. The van der Waals surface area contributed by atoms with Crippen molar-refractivity contribution in [2.45, 2.75) is 45.4 Å². The Morgan fingerprint density at radius 3 is 2.72 bits per heavy atom. The molecule has 0 bridgehead atoms. The molecular formula is C20H24N2O2S. The summed E-state index contributed by atoms with van der Waals surface area (Å²) in [5.41, 5.74) is 8.15. The van der Waals surface area contributed by atoms with E-state index in [1.807, 2.05) is 30.3 Å². The molecule has 1 aromatic heterocycles. The monoisotopic (exact) mass is 356 g/mol. The molecule has 0 saturated heterocycles. The van der Waals surface area contributed by atoms with Crippen LogP contribution in [0.5, 0.6) is 0 Å². The summed E-state index contributed by atoms with van der Waals surface area (Å²) < 4.78 is 0. The molecule has 2 amide bonds. The maximum Gasteiger partial charge on any atom is 0.251 e. The van der Waals surface area contributed by atoms with Crippen LogP contribution < -0.4 is 11.1 Å². The van der Waals surface area contributed by atoms with Gasteiger partial charge < -0.3 is 11.1 Å². The largest absolute Gasteiger partial charge is 0.365 e.